The van der Waals surface area contributed by atoms with Crippen LogP contribution in [0, 0.1) is 0 Å². The Morgan fingerprint density at radius 3 is 2.47 bits per heavy atom. The summed E-state index contributed by atoms with van der Waals surface area (Å²) < 4.78 is 0. The predicted octanol–water partition coefficient (Wildman–Crippen LogP) is 3.52. The summed E-state index contributed by atoms with van der Waals surface area (Å²) in [4.78, 5) is 10.3. The van der Waals surface area contributed by atoms with Crippen molar-refractivity contribution in [2.45, 2.75) is 70.8 Å². The minimum Gasteiger partial charge on any atom is -0.481 e. The summed E-state index contributed by atoms with van der Waals surface area (Å²) in [6.45, 7) is 2.21. The SMILES string of the molecule is CCCCCCCCC=CC(O)CCC(=O)O. The maximum atomic E-state index is 10.3. The van der Waals surface area contributed by atoms with Gasteiger partial charge in [-0.15, -0.1) is 0 Å². The molecule has 1 unspecified atom stereocenters. The molecule has 2 N–H and O–H groups in total. The maximum Gasteiger partial charge on any atom is 0.303 e. The summed E-state index contributed by atoms with van der Waals surface area (Å²) in [7, 11) is 0. The van der Waals surface area contributed by atoms with Crippen LogP contribution in [0.1, 0.15) is 64.7 Å². The number of hydrogen-bond acceptors (Lipinski definition) is 2. The normalized spacial score (nSPS) is 13.1. The van der Waals surface area contributed by atoms with E-state index in [2.05, 4.69) is 6.92 Å². The molecular weight excluding hydrogens is 216 g/mol. The number of unbranched alkanes of at least 4 members (excludes halogenated alkanes) is 6. The second-order valence-corrected chi connectivity index (χ2v) is 4.48. The van der Waals surface area contributed by atoms with Gasteiger partial charge in [-0.05, 0) is 19.3 Å². The molecule has 0 aliphatic carbocycles. The molecule has 0 radical (unpaired) electrons. The quantitative estimate of drug-likeness (QED) is 0.430. The molecule has 0 fully saturated rings. The van der Waals surface area contributed by atoms with Crippen molar-refractivity contribution in [1.82, 2.24) is 0 Å². The second kappa shape index (κ2) is 11.6. The number of carbonyl (C=O) groups is 1. The lowest BCUT2D eigenvalue weighted by atomic mass is 10.1. The number of aliphatic hydroxyl groups is 1. The van der Waals surface area contributed by atoms with Crippen LogP contribution in [0.5, 0.6) is 0 Å². The largest absolute Gasteiger partial charge is 0.481 e. The summed E-state index contributed by atoms with van der Waals surface area (Å²) in [6.07, 6.45) is 12.0. The van der Waals surface area contributed by atoms with Crippen molar-refractivity contribution in [1.29, 1.82) is 0 Å². The molecule has 0 saturated carbocycles. The Balaban J connectivity index is 3.31. The average molecular weight is 242 g/mol. The van der Waals surface area contributed by atoms with Crippen LogP contribution in [0.3, 0.4) is 0 Å². The van der Waals surface area contributed by atoms with Gasteiger partial charge in [0.05, 0.1) is 6.10 Å². The van der Waals surface area contributed by atoms with E-state index in [1.807, 2.05) is 6.08 Å². The first-order chi connectivity index (χ1) is 8.16. The van der Waals surface area contributed by atoms with E-state index < -0.39 is 12.1 Å². The van der Waals surface area contributed by atoms with E-state index >= 15 is 0 Å². The van der Waals surface area contributed by atoms with Crippen LogP contribution < -0.4 is 0 Å². The zero-order valence-electron chi connectivity index (χ0n) is 10.9. The lowest BCUT2D eigenvalue weighted by Gasteiger charge is -2.02. The second-order valence-electron chi connectivity index (χ2n) is 4.48. The minimum absolute atomic E-state index is 0.0303. The highest BCUT2D eigenvalue weighted by Crippen LogP contribution is 2.08. The van der Waals surface area contributed by atoms with Gasteiger partial charge in [0.1, 0.15) is 0 Å². The van der Waals surface area contributed by atoms with Crippen molar-refractivity contribution in [2.24, 2.45) is 0 Å². The van der Waals surface area contributed by atoms with Crippen molar-refractivity contribution in [3.8, 4) is 0 Å². The fraction of sp³-hybridized carbons (Fsp3) is 0.786. The van der Waals surface area contributed by atoms with Crippen molar-refractivity contribution < 1.29 is 15.0 Å². The summed E-state index contributed by atoms with van der Waals surface area (Å²) in [6, 6.07) is 0. The standard InChI is InChI=1S/C14H26O3/c1-2-3-4-5-6-7-8-9-10-13(15)11-12-14(16)17/h9-10,13,15H,2-8,11-12H2,1H3,(H,16,17). The lowest BCUT2D eigenvalue weighted by Crippen LogP contribution is -2.05. The van der Waals surface area contributed by atoms with Gasteiger partial charge < -0.3 is 10.2 Å². The Labute approximate surface area is 105 Å². The van der Waals surface area contributed by atoms with Crippen LogP contribution in [0.15, 0.2) is 12.2 Å². The van der Waals surface area contributed by atoms with Gasteiger partial charge in [-0.2, -0.15) is 0 Å². The monoisotopic (exact) mass is 242 g/mol. The lowest BCUT2D eigenvalue weighted by molar-refractivity contribution is -0.137. The van der Waals surface area contributed by atoms with Gasteiger partial charge in [0.2, 0.25) is 0 Å². The van der Waals surface area contributed by atoms with Gasteiger partial charge in [-0.1, -0.05) is 51.2 Å². The first-order valence-corrected chi connectivity index (χ1v) is 6.73. The Bertz CT molecular complexity index is 212. The smallest absolute Gasteiger partial charge is 0.303 e. The molecule has 0 amide bonds. The first-order valence-electron chi connectivity index (χ1n) is 6.73. The van der Waals surface area contributed by atoms with Crippen molar-refractivity contribution in [3.05, 3.63) is 12.2 Å². The number of allylic oxidation sites excluding steroid dienone is 1. The molecule has 3 nitrogen and oxygen atoms in total. The Morgan fingerprint density at radius 1 is 1.18 bits per heavy atom. The van der Waals surface area contributed by atoms with Crippen LogP contribution in [0.25, 0.3) is 0 Å². The molecule has 0 spiro atoms. The zero-order chi connectivity index (χ0) is 12.9. The number of rotatable bonds is 11. The number of hydrogen-bond donors (Lipinski definition) is 2. The molecule has 0 aliphatic heterocycles. The number of carboxylic acid groups (broad SMARTS) is 1. The highest BCUT2D eigenvalue weighted by Gasteiger charge is 2.02. The molecule has 0 aromatic rings. The molecule has 1 atom stereocenters. The van der Waals surface area contributed by atoms with Crippen LogP contribution >= 0.6 is 0 Å². The Hall–Kier alpha value is -0.830. The molecule has 0 aromatic carbocycles. The van der Waals surface area contributed by atoms with Crippen LogP contribution in [0.2, 0.25) is 0 Å². The van der Waals surface area contributed by atoms with Crippen LogP contribution in [0.4, 0.5) is 0 Å². The highest BCUT2D eigenvalue weighted by atomic mass is 16.4. The van der Waals surface area contributed by atoms with E-state index in [0.717, 1.165) is 12.8 Å². The third-order valence-corrected chi connectivity index (χ3v) is 2.74. The maximum absolute atomic E-state index is 10.3. The minimum atomic E-state index is -0.853. The van der Waals surface area contributed by atoms with Gasteiger partial charge in [0, 0.05) is 6.42 Å². The predicted molar refractivity (Wildman–Crippen MR) is 70.0 cm³/mol. The molecule has 0 aromatic heterocycles. The molecule has 17 heavy (non-hydrogen) atoms. The van der Waals surface area contributed by atoms with Gasteiger partial charge in [-0.3, -0.25) is 4.79 Å². The van der Waals surface area contributed by atoms with Crippen LogP contribution in [-0.2, 0) is 4.79 Å². The fourth-order valence-electron chi connectivity index (χ4n) is 1.66. The van der Waals surface area contributed by atoms with Crippen molar-refractivity contribution in [2.75, 3.05) is 0 Å². The number of aliphatic hydroxyl groups excluding tert-OH is 1. The number of carboxylic acids is 1. The third-order valence-electron chi connectivity index (χ3n) is 2.74. The summed E-state index contributed by atoms with van der Waals surface area (Å²) in [5.74, 6) is -0.853. The Morgan fingerprint density at radius 2 is 1.82 bits per heavy atom. The topological polar surface area (TPSA) is 57.5 Å². The molecule has 0 saturated heterocycles. The zero-order valence-corrected chi connectivity index (χ0v) is 10.9. The summed E-state index contributed by atoms with van der Waals surface area (Å²) in [5, 5.41) is 17.9. The molecule has 3 heteroatoms. The summed E-state index contributed by atoms with van der Waals surface area (Å²) in [5.41, 5.74) is 0. The van der Waals surface area contributed by atoms with Crippen molar-refractivity contribution in [3.63, 3.8) is 0 Å². The van der Waals surface area contributed by atoms with E-state index in [-0.39, 0.29) is 6.42 Å². The van der Waals surface area contributed by atoms with Crippen LogP contribution in [-0.4, -0.2) is 22.3 Å². The highest BCUT2D eigenvalue weighted by molar-refractivity contribution is 5.66. The fourth-order valence-corrected chi connectivity index (χ4v) is 1.66. The summed E-state index contributed by atoms with van der Waals surface area (Å²) >= 11 is 0. The van der Waals surface area contributed by atoms with E-state index in [0.29, 0.717) is 6.42 Å². The molecule has 100 valence electrons. The van der Waals surface area contributed by atoms with E-state index in [1.165, 1.54) is 32.1 Å². The molecular formula is C14H26O3. The van der Waals surface area contributed by atoms with E-state index in [1.54, 1.807) is 6.08 Å². The van der Waals surface area contributed by atoms with Gasteiger partial charge >= 0.3 is 5.97 Å². The third kappa shape index (κ3) is 13.1. The first kappa shape index (κ1) is 16.2. The van der Waals surface area contributed by atoms with Gasteiger partial charge in [0.15, 0.2) is 0 Å². The van der Waals surface area contributed by atoms with E-state index in [9.17, 15) is 9.90 Å². The molecule has 0 bridgehead atoms. The number of aliphatic carboxylic acids is 1. The average Bonchev–Trinajstić information content (AvgIpc) is 2.30. The molecule has 0 heterocycles. The molecule has 0 aliphatic rings. The Kier molecular flexibility index (Phi) is 11.1. The van der Waals surface area contributed by atoms with Gasteiger partial charge in [0.25, 0.3) is 0 Å². The molecule has 0 rings (SSSR count). The van der Waals surface area contributed by atoms with Gasteiger partial charge in [-0.25, -0.2) is 0 Å². The van der Waals surface area contributed by atoms with Crippen molar-refractivity contribution >= 4 is 5.97 Å². The van der Waals surface area contributed by atoms with E-state index in [4.69, 9.17) is 5.11 Å².